The molecule has 1 aliphatic heterocycles. The molecule has 0 aliphatic carbocycles. The molecule has 4 rings (SSSR count). The highest BCUT2D eigenvalue weighted by atomic mass is 16.5. The number of amides is 2. The van der Waals surface area contributed by atoms with Crippen LogP contribution < -0.4 is 4.74 Å². The molecular weight excluding hydrogens is 414 g/mol. The number of pyridine rings is 1. The van der Waals surface area contributed by atoms with Crippen LogP contribution in [0.5, 0.6) is 5.75 Å². The number of rotatable bonds is 7. The summed E-state index contributed by atoms with van der Waals surface area (Å²) in [6.07, 6.45) is 4.32. The highest BCUT2D eigenvalue weighted by Crippen LogP contribution is 2.22. The van der Waals surface area contributed by atoms with Crippen LogP contribution in [0.1, 0.15) is 18.1 Å². The van der Waals surface area contributed by atoms with E-state index in [0.29, 0.717) is 26.1 Å². The molecule has 0 N–H and O–H groups in total. The summed E-state index contributed by atoms with van der Waals surface area (Å²) < 4.78 is 5.28. The standard InChI is InChI=1S/C27H29N3O3/c1-3-29-14-15-30(26(31)18-21-6-4-8-24(16-21)33-2)25(27(29)32)17-20-9-11-22(12-10-20)23-7-5-13-28-19-23/h4-13,16,19,25H,3,14-15,17-18H2,1-2H3/t25-/m1/s1. The second kappa shape index (κ2) is 10.3. The van der Waals surface area contributed by atoms with Crippen molar-refractivity contribution in [2.75, 3.05) is 26.7 Å². The SMILES string of the molecule is CCN1CCN(C(=O)Cc2cccc(OC)c2)[C@H](Cc2ccc(-c3cccnc3)cc2)C1=O. The van der Waals surface area contributed by atoms with Gasteiger partial charge in [0.05, 0.1) is 13.5 Å². The van der Waals surface area contributed by atoms with E-state index < -0.39 is 6.04 Å². The van der Waals surface area contributed by atoms with Gasteiger partial charge >= 0.3 is 0 Å². The Morgan fingerprint density at radius 3 is 2.55 bits per heavy atom. The van der Waals surface area contributed by atoms with Crippen LogP contribution in [0.25, 0.3) is 11.1 Å². The molecule has 1 atom stereocenters. The number of nitrogens with zero attached hydrogens (tertiary/aromatic N) is 3. The number of hydrogen-bond donors (Lipinski definition) is 0. The highest BCUT2D eigenvalue weighted by Gasteiger charge is 2.36. The molecule has 1 saturated heterocycles. The molecule has 1 fully saturated rings. The number of aromatic nitrogens is 1. The van der Waals surface area contributed by atoms with E-state index in [9.17, 15) is 9.59 Å². The zero-order chi connectivity index (χ0) is 23.2. The molecule has 6 heteroatoms. The molecule has 170 valence electrons. The third-order valence-electron chi connectivity index (χ3n) is 6.15. The number of piperazine rings is 1. The quantitative estimate of drug-likeness (QED) is 0.560. The van der Waals surface area contributed by atoms with Gasteiger partial charge in [-0.25, -0.2) is 0 Å². The van der Waals surface area contributed by atoms with E-state index >= 15 is 0 Å². The minimum Gasteiger partial charge on any atom is -0.497 e. The summed E-state index contributed by atoms with van der Waals surface area (Å²) >= 11 is 0. The summed E-state index contributed by atoms with van der Waals surface area (Å²) in [6, 6.07) is 19.1. The van der Waals surface area contributed by atoms with E-state index in [1.807, 2.05) is 78.7 Å². The molecule has 6 nitrogen and oxygen atoms in total. The van der Waals surface area contributed by atoms with Gasteiger partial charge in [-0.3, -0.25) is 14.6 Å². The van der Waals surface area contributed by atoms with Crippen LogP contribution in [0.2, 0.25) is 0 Å². The van der Waals surface area contributed by atoms with Crippen molar-refractivity contribution < 1.29 is 14.3 Å². The second-order valence-electron chi connectivity index (χ2n) is 8.19. The highest BCUT2D eigenvalue weighted by molar-refractivity contribution is 5.90. The Balaban J connectivity index is 1.53. The van der Waals surface area contributed by atoms with Crippen molar-refractivity contribution in [1.29, 1.82) is 0 Å². The van der Waals surface area contributed by atoms with E-state index in [2.05, 4.69) is 4.98 Å². The Kier molecular flexibility index (Phi) is 7.03. The number of likely N-dealkylation sites (N-methyl/N-ethyl adjacent to an activating group) is 1. The van der Waals surface area contributed by atoms with Crippen molar-refractivity contribution in [3.05, 3.63) is 84.2 Å². The first-order chi connectivity index (χ1) is 16.1. The molecule has 0 spiro atoms. The predicted molar refractivity (Wildman–Crippen MR) is 128 cm³/mol. The molecule has 2 aromatic carbocycles. The van der Waals surface area contributed by atoms with Crippen LogP contribution in [0.3, 0.4) is 0 Å². The van der Waals surface area contributed by atoms with Gasteiger partial charge in [-0.15, -0.1) is 0 Å². The maximum atomic E-state index is 13.3. The van der Waals surface area contributed by atoms with Crippen molar-refractivity contribution in [3.63, 3.8) is 0 Å². The van der Waals surface area contributed by atoms with Gasteiger partial charge in [0.1, 0.15) is 11.8 Å². The zero-order valence-electron chi connectivity index (χ0n) is 19.1. The third kappa shape index (κ3) is 5.22. The monoisotopic (exact) mass is 443 g/mol. The first-order valence-corrected chi connectivity index (χ1v) is 11.3. The van der Waals surface area contributed by atoms with E-state index in [1.165, 1.54) is 0 Å². The fourth-order valence-corrected chi connectivity index (χ4v) is 4.30. The number of methoxy groups -OCH3 is 1. The largest absolute Gasteiger partial charge is 0.497 e. The average molecular weight is 444 g/mol. The van der Waals surface area contributed by atoms with Gasteiger partial charge in [0.15, 0.2) is 0 Å². The van der Waals surface area contributed by atoms with E-state index in [1.54, 1.807) is 18.2 Å². The van der Waals surface area contributed by atoms with Gasteiger partial charge < -0.3 is 14.5 Å². The number of carbonyl (C=O) groups excluding carboxylic acids is 2. The van der Waals surface area contributed by atoms with Crippen LogP contribution in [0.4, 0.5) is 0 Å². The maximum absolute atomic E-state index is 13.3. The summed E-state index contributed by atoms with van der Waals surface area (Å²) in [4.78, 5) is 34.2. The smallest absolute Gasteiger partial charge is 0.245 e. The van der Waals surface area contributed by atoms with E-state index in [4.69, 9.17) is 4.74 Å². The Morgan fingerprint density at radius 1 is 1.03 bits per heavy atom. The molecule has 0 unspecified atom stereocenters. The molecule has 3 aromatic rings. The molecule has 33 heavy (non-hydrogen) atoms. The number of hydrogen-bond acceptors (Lipinski definition) is 4. The zero-order valence-corrected chi connectivity index (χ0v) is 19.1. The van der Waals surface area contributed by atoms with Crippen molar-refractivity contribution in [2.24, 2.45) is 0 Å². The lowest BCUT2D eigenvalue weighted by Crippen LogP contribution is -2.59. The summed E-state index contributed by atoms with van der Waals surface area (Å²) in [5.41, 5.74) is 4.02. The number of benzene rings is 2. The lowest BCUT2D eigenvalue weighted by atomic mass is 9.98. The topological polar surface area (TPSA) is 62.7 Å². The molecule has 0 saturated carbocycles. The normalized spacial score (nSPS) is 16.1. The Bertz CT molecular complexity index is 1100. The van der Waals surface area contributed by atoms with E-state index in [-0.39, 0.29) is 18.2 Å². The van der Waals surface area contributed by atoms with Gasteiger partial charge in [0.25, 0.3) is 0 Å². The van der Waals surface area contributed by atoms with Crippen LogP contribution in [0, 0.1) is 0 Å². The Hall–Kier alpha value is -3.67. The van der Waals surface area contributed by atoms with Gasteiger partial charge in [-0.1, -0.05) is 42.5 Å². The summed E-state index contributed by atoms with van der Waals surface area (Å²) in [5.74, 6) is 0.695. The van der Waals surface area contributed by atoms with Crippen molar-refractivity contribution >= 4 is 11.8 Å². The first kappa shape index (κ1) is 22.5. The van der Waals surface area contributed by atoms with E-state index in [0.717, 1.165) is 28.0 Å². The van der Waals surface area contributed by atoms with Gasteiger partial charge in [0.2, 0.25) is 11.8 Å². The van der Waals surface area contributed by atoms with Gasteiger partial charge in [0, 0.05) is 38.4 Å². The third-order valence-corrected chi connectivity index (χ3v) is 6.15. The summed E-state index contributed by atoms with van der Waals surface area (Å²) in [7, 11) is 1.61. The van der Waals surface area contributed by atoms with Crippen molar-refractivity contribution in [3.8, 4) is 16.9 Å². The summed E-state index contributed by atoms with van der Waals surface area (Å²) in [5, 5.41) is 0. The van der Waals surface area contributed by atoms with Crippen LogP contribution >= 0.6 is 0 Å². The predicted octanol–water partition coefficient (Wildman–Crippen LogP) is 3.60. The molecule has 1 aliphatic rings. The van der Waals surface area contributed by atoms with Crippen molar-refractivity contribution in [1.82, 2.24) is 14.8 Å². The number of carbonyl (C=O) groups is 2. The van der Waals surface area contributed by atoms with Crippen LogP contribution in [-0.2, 0) is 22.4 Å². The van der Waals surface area contributed by atoms with Crippen LogP contribution in [0.15, 0.2) is 73.1 Å². The molecule has 2 heterocycles. The van der Waals surface area contributed by atoms with Gasteiger partial charge in [-0.05, 0) is 47.4 Å². The first-order valence-electron chi connectivity index (χ1n) is 11.3. The minimum absolute atomic E-state index is 0.0130. The average Bonchev–Trinajstić information content (AvgIpc) is 2.86. The lowest BCUT2D eigenvalue weighted by Gasteiger charge is -2.40. The second-order valence-corrected chi connectivity index (χ2v) is 8.19. The molecule has 0 radical (unpaired) electrons. The summed E-state index contributed by atoms with van der Waals surface area (Å²) in [6.45, 7) is 3.73. The fourth-order valence-electron chi connectivity index (χ4n) is 4.30. The molecule has 2 amide bonds. The lowest BCUT2D eigenvalue weighted by molar-refractivity contribution is -0.150. The van der Waals surface area contributed by atoms with Crippen LogP contribution in [-0.4, -0.2) is 59.4 Å². The Morgan fingerprint density at radius 2 is 1.85 bits per heavy atom. The van der Waals surface area contributed by atoms with Crippen molar-refractivity contribution in [2.45, 2.75) is 25.8 Å². The maximum Gasteiger partial charge on any atom is 0.245 e. The van der Waals surface area contributed by atoms with Gasteiger partial charge in [-0.2, -0.15) is 0 Å². The number of ether oxygens (including phenoxy) is 1. The fraction of sp³-hybridized carbons (Fsp3) is 0.296. The molecule has 1 aromatic heterocycles. The Labute approximate surface area is 194 Å². The molecular formula is C27H29N3O3. The molecule has 0 bridgehead atoms. The minimum atomic E-state index is -0.499.